The molecule has 0 aromatic heterocycles. The number of carbonyl (C=O) groups excluding carboxylic acids is 1. The number of rotatable bonds is 4. The summed E-state index contributed by atoms with van der Waals surface area (Å²) >= 11 is 0. The van der Waals surface area contributed by atoms with Gasteiger partial charge in [-0.05, 0) is 43.6 Å². The van der Waals surface area contributed by atoms with Crippen molar-refractivity contribution in [3.05, 3.63) is 42.5 Å². The average molecular weight is 230 g/mol. The summed E-state index contributed by atoms with van der Waals surface area (Å²) in [6.07, 6.45) is 3.86. The van der Waals surface area contributed by atoms with Gasteiger partial charge in [-0.2, -0.15) is 0 Å². The summed E-state index contributed by atoms with van der Waals surface area (Å²) in [5, 5.41) is 2.85. The van der Waals surface area contributed by atoms with Crippen LogP contribution in [0.5, 0.6) is 0 Å². The molecule has 0 unspecified atom stereocenters. The molecule has 1 fully saturated rings. The van der Waals surface area contributed by atoms with Crippen molar-refractivity contribution in [2.75, 3.05) is 18.4 Å². The monoisotopic (exact) mass is 230 g/mol. The Morgan fingerprint density at radius 1 is 1.35 bits per heavy atom. The molecule has 90 valence electrons. The van der Waals surface area contributed by atoms with Crippen molar-refractivity contribution in [1.29, 1.82) is 0 Å². The van der Waals surface area contributed by atoms with Crippen molar-refractivity contribution >= 4 is 11.6 Å². The summed E-state index contributed by atoms with van der Waals surface area (Å²) in [7, 11) is 0. The van der Waals surface area contributed by atoms with Crippen LogP contribution in [0.15, 0.2) is 36.9 Å². The molecule has 1 aliphatic heterocycles. The molecule has 0 spiro atoms. The Labute approximate surface area is 102 Å². The molecule has 1 aliphatic rings. The van der Waals surface area contributed by atoms with Crippen molar-refractivity contribution in [2.24, 2.45) is 0 Å². The SMILES string of the molecule is C=CC(=O)Nc1ccccc1CN1CCCC1. The summed E-state index contributed by atoms with van der Waals surface area (Å²) in [6, 6.07) is 7.95. The van der Waals surface area contributed by atoms with Gasteiger partial charge < -0.3 is 5.32 Å². The van der Waals surface area contributed by atoms with E-state index in [0.717, 1.165) is 25.3 Å². The van der Waals surface area contributed by atoms with Gasteiger partial charge in [-0.25, -0.2) is 0 Å². The predicted octanol–water partition coefficient (Wildman–Crippen LogP) is 2.41. The molecular weight excluding hydrogens is 212 g/mol. The van der Waals surface area contributed by atoms with Crippen molar-refractivity contribution in [3.63, 3.8) is 0 Å². The molecule has 0 atom stereocenters. The number of anilines is 1. The third-order valence-corrected chi connectivity index (χ3v) is 3.05. The van der Waals surface area contributed by atoms with Gasteiger partial charge in [-0.15, -0.1) is 0 Å². The van der Waals surface area contributed by atoms with Crippen LogP contribution in [0, 0.1) is 0 Å². The van der Waals surface area contributed by atoms with Gasteiger partial charge in [0.1, 0.15) is 0 Å². The molecule has 1 amide bonds. The molecular formula is C14H18N2O. The molecule has 3 heteroatoms. The van der Waals surface area contributed by atoms with Gasteiger partial charge in [0.25, 0.3) is 0 Å². The van der Waals surface area contributed by atoms with Gasteiger partial charge in [-0.1, -0.05) is 24.8 Å². The lowest BCUT2D eigenvalue weighted by molar-refractivity contribution is -0.111. The van der Waals surface area contributed by atoms with Crippen molar-refractivity contribution < 1.29 is 4.79 Å². The molecule has 0 saturated carbocycles. The summed E-state index contributed by atoms with van der Waals surface area (Å²) < 4.78 is 0. The van der Waals surface area contributed by atoms with Gasteiger partial charge in [-0.3, -0.25) is 9.69 Å². The molecule has 17 heavy (non-hydrogen) atoms. The number of benzene rings is 1. The molecule has 3 nitrogen and oxygen atoms in total. The Morgan fingerprint density at radius 2 is 2.06 bits per heavy atom. The van der Waals surface area contributed by atoms with E-state index in [9.17, 15) is 4.79 Å². The lowest BCUT2D eigenvalue weighted by Crippen LogP contribution is -2.20. The van der Waals surface area contributed by atoms with Crippen molar-refractivity contribution in [1.82, 2.24) is 4.90 Å². The van der Waals surface area contributed by atoms with E-state index in [-0.39, 0.29) is 5.91 Å². The number of hydrogen-bond acceptors (Lipinski definition) is 2. The number of para-hydroxylation sites is 1. The number of likely N-dealkylation sites (tertiary alicyclic amines) is 1. The Bertz CT molecular complexity index is 408. The van der Waals surface area contributed by atoms with E-state index in [0.29, 0.717) is 0 Å². The minimum absolute atomic E-state index is 0.154. The maximum Gasteiger partial charge on any atom is 0.247 e. The smallest absolute Gasteiger partial charge is 0.247 e. The topological polar surface area (TPSA) is 32.3 Å². The summed E-state index contributed by atoms with van der Waals surface area (Å²) in [5.41, 5.74) is 2.06. The zero-order valence-electron chi connectivity index (χ0n) is 9.98. The first-order valence-corrected chi connectivity index (χ1v) is 6.03. The minimum Gasteiger partial charge on any atom is -0.322 e. The van der Waals surface area contributed by atoms with Crippen LogP contribution in [-0.4, -0.2) is 23.9 Å². The largest absolute Gasteiger partial charge is 0.322 e. The van der Waals surface area contributed by atoms with Crippen LogP contribution in [0.2, 0.25) is 0 Å². The van der Waals surface area contributed by atoms with Crippen LogP contribution in [0.25, 0.3) is 0 Å². The lowest BCUT2D eigenvalue weighted by Gasteiger charge is -2.17. The summed E-state index contributed by atoms with van der Waals surface area (Å²) in [6.45, 7) is 6.69. The van der Waals surface area contributed by atoms with Crippen LogP contribution in [-0.2, 0) is 11.3 Å². The first kappa shape index (κ1) is 11.9. The minimum atomic E-state index is -0.154. The standard InChI is InChI=1S/C14H18N2O/c1-2-14(17)15-13-8-4-3-7-12(13)11-16-9-5-6-10-16/h2-4,7-8H,1,5-6,9-11H2,(H,15,17). The fourth-order valence-electron chi connectivity index (χ4n) is 2.15. The van der Waals surface area contributed by atoms with Crippen LogP contribution >= 0.6 is 0 Å². The Balaban J connectivity index is 2.09. The number of nitrogens with zero attached hydrogens (tertiary/aromatic N) is 1. The van der Waals surface area contributed by atoms with Gasteiger partial charge in [0.15, 0.2) is 0 Å². The molecule has 1 N–H and O–H groups in total. The quantitative estimate of drug-likeness (QED) is 0.806. The zero-order chi connectivity index (χ0) is 12.1. The molecule has 1 saturated heterocycles. The molecule has 1 aromatic rings. The summed E-state index contributed by atoms with van der Waals surface area (Å²) in [5.74, 6) is -0.154. The third-order valence-electron chi connectivity index (χ3n) is 3.05. The number of hydrogen-bond donors (Lipinski definition) is 1. The second-order valence-electron chi connectivity index (χ2n) is 4.33. The first-order valence-electron chi connectivity index (χ1n) is 6.03. The van der Waals surface area contributed by atoms with Gasteiger partial charge in [0.2, 0.25) is 5.91 Å². The van der Waals surface area contributed by atoms with Gasteiger partial charge in [0, 0.05) is 12.2 Å². The van der Waals surface area contributed by atoms with E-state index in [4.69, 9.17) is 0 Å². The maximum absolute atomic E-state index is 11.3. The van der Waals surface area contributed by atoms with E-state index in [1.807, 2.05) is 18.2 Å². The fourth-order valence-corrected chi connectivity index (χ4v) is 2.15. The van der Waals surface area contributed by atoms with Crippen molar-refractivity contribution in [3.8, 4) is 0 Å². The molecule has 0 bridgehead atoms. The van der Waals surface area contributed by atoms with E-state index >= 15 is 0 Å². The second kappa shape index (κ2) is 5.64. The van der Waals surface area contributed by atoms with Gasteiger partial charge >= 0.3 is 0 Å². The lowest BCUT2D eigenvalue weighted by atomic mass is 10.1. The van der Waals surface area contributed by atoms with E-state index < -0.39 is 0 Å². The molecule has 2 rings (SSSR count). The van der Waals surface area contributed by atoms with Crippen LogP contribution in [0.4, 0.5) is 5.69 Å². The van der Waals surface area contributed by atoms with Gasteiger partial charge in [0.05, 0.1) is 0 Å². The average Bonchev–Trinajstić information content (AvgIpc) is 2.84. The number of nitrogens with one attached hydrogen (secondary N) is 1. The zero-order valence-corrected chi connectivity index (χ0v) is 9.98. The highest BCUT2D eigenvalue weighted by atomic mass is 16.1. The molecule has 0 radical (unpaired) electrons. The maximum atomic E-state index is 11.3. The van der Waals surface area contributed by atoms with Crippen LogP contribution in [0.3, 0.4) is 0 Å². The highest BCUT2D eigenvalue weighted by molar-refractivity contribution is 5.99. The highest BCUT2D eigenvalue weighted by Gasteiger charge is 2.13. The van der Waals surface area contributed by atoms with Crippen LogP contribution < -0.4 is 5.32 Å². The van der Waals surface area contributed by atoms with Crippen molar-refractivity contribution in [2.45, 2.75) is 19.4 Å². The summed E-state index contributed by atoms with van der Waals surface area (Å²) in [4.78, 5) is 13.7. The highest BCUT2D eigenvalue weighted by Crippen LogP contribution is 2.19. The van der Waals surface area contributed by atoms with E-state index in [1.165, 1.54) is 24.5 Å². The van der Waals surface area contributed by atoms with Crippen LogP contribution in [0.1, 0.15) is 18.4 Å². The number of carbonyl (C=O) groups is 1. The Kier molecular flexibility index (Phi) is 3.94. The second-order valence-corrected chi connectivity index (χ2v) is 4.33. The first-order chi connectivity index (χ1) is 8.29. The van der Waals surface area contributed by atoms with E-state index in [2.05, 4.69) is 22.9 Å². The normalized spacial score (nSPS) is 15.8. The number of amides is 1. The Hall–Kier alpha value is -1.61. The fraction of sp³-hybridized carbons (Fsp3) is 0.357. The molecule has 0 aliphatic carbocycles. The predicted molar refractivity (Wildman–Crippen MR) is 69.8 cm³/mol. The Morgan fingerprint density at radius 3 is 2.76 bits per heavy atom. The molecule has 1 heterocycles. The van der Waals surface area contributed by atoms with E-state index in [1.54, 1.807) is 0 Å². The third kappa shape index (κ3) is 3.17. The molecule has 1 aromatic carbocycles.